The van der Waals surface area contributed by atoms with Crippen molar-refractivity contribution in [2.75, 3.05) is 20.8 Å². The molecular formula is C22H25N3O3. The number of methoxy groups -OCH3 is 2. The first-order chi connectivity index (χ1) is 13.7. The van der Waals surface area contributed by atoms with E-state index in [4.69, 9.17) is 14.0 Å². The van der Waals surface area contributed by atoms with Crippen LogP contribution in [-0.2, 0) is 6.54 Å². The highest BCUT2D eigenvalue weighted by molar-refractivity contribution is 5.58. The first kappa shape index (κ1) is 18.5. The Morgan fingerprint density at radius 3 is 2.79 bits per heavy atom. The van der Waals surface area contributed by atoms with Crippen molar-refractivity contribution in [3.8, 4) is 22.9 Å². The molecule has 1 aliphatic rings. The van der Waals surface area contributed by atoms with E-state index < -0.39 is 0 Å². The monoisotopic (exact) mass is 379 g/mol. The van der Waals surface area contributed by atoms with Crippen LogP contribution in [0.15, 0.2) is 47.0 Å². The Balaban J connectivity index is 1.55. The third-order valence-corrected chi connectivity index (χ3v) is 5.36. The molecule has 1 aliphatic heterocycles. The van der Waals surface area contributed by atoms with Gasteiger partial charge in [0.15, 0.2) is 0 Å². The van der Waals surface area contributed by atoms with Crippen LogP contribution in [0.4, 0.5) is 0 Å². The molecule has 0 amide bonds. The minimum Gasteiger partial charge on any atom is -0.497 e. The van der Waals surface area contributed by atoms with Crippen LogP contribution in [-0.4, -0.2) is 35.8 Å². The summed E-state index contributed by atoms with van der Waals surface area (Å²) < 4.78 is 16.5. The molecule has 2 aromatic carbocycles. The van der Waals surface area contributed by atoms with Gasteiger partial charge >= 0.3 is 0 Å². The van der Waals surface area contributed by atoms with Gasteiger partial charge in [-0.2, -0.15) is 4.98 Å². The summed E-state index contributed by atoms with van der Waals surface area (Å²) in [6.07, 6.45) is 2.19. The molecular weight excluding hydrogens is 354 g/mol. The highest BCUT2D eigenvalue weighted by Gasteiger charge is 2.30. The van der Waals surface area contributed by atoms with Crippen LogP contribution in [0.25, 0.3) is 11.4 Å². The van der Waals surface area contributed by atoms with Crippen LogP contribution in [0.5, 0.6) is 11.5 Å². The first-order valence-electron chi connectivity index (χ1n) is 9.54. The van der Waals surface area contributed by atoms with Gasteiger partial charge in [-0.05, 0) is 37.9 Å². The maximum atomic E-state index is 5.62. The van der Waals surface area contributed by atoms with E-state index in [9.17, 15) is 0 Å². The molecule has 6 heteroatoms. The van der Waals surface area contributed by atoms with Crippen molar-refractivity contribution >= 4 is 0 Å². The van der Waals surface area contributed by atoms with Crippen LogP contribution in [0.1, 0.15) is 35.9 Å². The molecule has 146 valence electrons. The molecule has 1 aromatic heterocycles. The average molecular weight is 379 g/mol. The Morgan fingerprint density at radius 1 is 1.14 bits per heavy atom. The molecule has 1 atom stereocenters. The molecule has 0 radical (unpaired) electrons. The van der Waals surface area contributed by atoms with Crippen LogP contribution < -0.4 is 9.47 Å². The fourth-order valence-corrected chi connectivity index (χ4v) is 3.89. The maximum absolute atomic E-state index is 5.62. The number of aryl methyl sites for hydroxylation is 1. The third kappa shape index (κ3) is 3.60. The second-order valence-corrected chi connectivity index (χ2v) is 7.06. The predicted molar refractivity (Wildman–Crippen MR) is 106 cm³/mol. The summed E-state index contributed by atoms with van der Waals surface area (Å²) in [5.74, 6) is 2.93. The largest absolute Gasteiger partial charge is 0.497 e. The number of ether oxygens (including phenoxy) is 2. The Kier molecular flexibility index (Phi) is 5.30. The summed E-state index contributed by atoms with van der Waals surface area (Å²) in [4.78, 5) is 7.01. The number of hydrogen-bond donors (Lipinski definition) is 0. The molecule has 4 rings (SSSR count). The summed E-state index contributed by atoms with van der Waals surface area (Å²) in [5, 5.41) is 4.19. The lowest BCUT2D eigenvalue weighted by atomic mass is 10.0. The number of aromatic nitrogens is 2. The molecule has 28 heavy (non-hydrogen) atoms. The van der Waals surface area contributed by atoms with Crippen LogP contribution >= 0.6 is 0 Å². The molecule has 0 spiro atoms. The standard InChI is InChI=1S/C22H25N3O3/c1-15-7-4-5-8-17(15)22-23-21(28-24-22)14-25-12-6-9-19(25)18-11-10-16(26-2)13-20(18)27-3/h4-5,7-8,10-11,13,19H,6,9,12,14H2,1-3H3/t19-/m1/s1. The second kappa shape index (κ2) is 8.02. The molecule has 1 fully saturated rings. The molecule has 0 N–H and O–H groups in total. The summed E-state index contributed by atoms with van der Waals surface area (Å²) in [6, 6.07) is 14.3. The third-order valence-electron chi connectivity index (χ3n) is 5.36. The molecule has 0 saturated carbocycles. The first-order valence-corrected chi connectivity index (χ1v) is 9.54. The fraction of sp³-hybridized carbons (Fsp3) is 0.364. The lowest BCUT2D eigenvalue weighted by Gasteiger charge is -2.25. The normalized spacial score (nSPS) is 17.0. The van der Waals surface area contributed by atoms with Crippen molar-refractivity contribution in [3.63, 3.8) is 0 Å². The SMILES string of the molecule is COc1ccc([C@H]2CCCN2Cc2nc(-c3ccccc3C)no2)c(OC)c1. The quantitative estimate of drug-likeness (QED) is 0.633. The molecule has 2 heterocycles. The van der Waals surface area contributed by atoms with E-state index in [0.717, 1.165) is 42.0 Å². The van der Waals surface area contributed by atoms with E-state index in [1.165, 1.54) is 5.56 Å². The van der Waals surface area contributed by atoms with Crippen molar-refractivity contribution in [1.29, 1.82) is 0 Å². The summed E-state index contributed by atoms with van der Waals surface area (Å²) in [5.41, 5.74) is 3.31. The molecule has 0 aliphatic carbocycles. The predicted octanol–water partition coefficient (Wildman–Crippen LogP) is 4.40. The van der Waals surface area contributed by atoms with Gasteiger partial charge in [-0.25, -0.2) is 0 Å². The van der Waals surface area contributed by atoms with Crippen molar-refractivity contribution in [2.45, 2.75) is 32.4 Å². The van der Waals surface area contributed by atoms with Gasteiger partial charge in [-0.3, -0.25) is 4.90 Å². The zero-order valence-corrected chi connectivity index (χ0v) is 16.5. The Labute approximate surface area is 165 Å². The minimum atomic E-state index is 0.259. The van der Waals surface area contributed by atoms with E-state index in [-0.39, 0.29) is 6.04 Å². The van der Waals surface area contributed by atoms with Gasteiger partial charge in [0.2, 0.25) is 11.7 Å². The molecule has 6 nitrogen and oxygen atoms in total. The summed E-state index contributed by atoms with van der Waals surface area (Å²) >= 11 is 0. The summed E-state index contributed by atoms with van der Waals surface area (Å²) in [7, 11) is 3.36. The highest BCUT2D eigenvalue weighted by atomic mass is 16.5. The lowest BCUT2D eigenvalue weighted by molar-refractivity contribution is 0.209. The van der Waals surface area contributed by atoms with Gasteiger partial charge in [0.1, 0.15) is 11.5 Å². The van der Waals surface area contributed by atoms with Crippen molar-refractivity contribution in [3.05, 3.63) is 59.5 Å². The van der Waals surface area contributed by atoms with E-state index in [1.807, 2.05) is 30.3 Å². The fourth-order valence-electron chi connectivity index (χ4n) is 3.89. The van der Waals surface area contributed by atoms with Crippen LogP contribution in [0.2, 0.25) is 0 Å². The molecule has 3 aromatic rings. The van der Waals surface area contributed by atoms with E-state index >= 15 is 0 Å². The number of benzene rings is 2. The number of rotatable bonds is 6. The van der Waals surface area contributed by atoms with Gasteiger partial charge < -0.3 is 14.0 Å². The smallest absolute Gasteiger partial charge is 0.241 e. The zero-order chi connectivity index (χ0) is 19.5. The lowest BCUT2D eigenvalue weighted by Crippen LogP contribution is -2.23. The number of hydrogen-bond acceptors (Lipinski definition) is 6. The Hall–Kier alpha value is -2.86. The highest BCUT2D eigenvalue weighted by Crippen LogP contribution is 2.39. The van der Waals surface area contributed by atoms with Gasteiger partial charge in [0.25, 0.3) is 0 Å². The van der Waals surface area contributed by atoms with Crippen molar-refractivity contribution < 1.29 is 14.0 Å². The van der Waals surface area contributed by atoms with Gasteiger partial charge in [0.05, 0.1) is 20.8 Å². The van der Waals surface area contributed by atoms with Crippen LogP contribution in [0, 0.1) is 6.92 Å². The van der Waals surface area contributed by atoms with E-state index in [1.54, 1.807) is 14.2 Å². The maximum Gasteiger partial charge on any atom is 0.241 e. The van der Waals surface area contributed by atoms with Gasteiger partial charge in [-0.1, -0.05) is 35.5 Å². The molecule has 0 unspecified atom stereocenters. The average Bonchev–Trinajstić information content (AvgIpc) is 3.38. The summed E-state index contributed by atoms with van der Waals surface area (Å²) in [6.45, 7) is 3.67. The Bertz CT molecular complexity index is 954. The zero-order valence-electron chi connectivity index (χ0n) is 16.5. The van der Waals surface area contributed by atoms with Crippen molar-refractivity contribution in [1.82, 2.24) is 15.0 Å². The van der Waals surface area contributed by atoms with E-state index in [2.05, 4.69) is 34.1 Å². The second-order valence-electron chi connectivity index (χ2n) is 7.06. The molecule has 0 bridgehead atoms. The van der Waals surface area contributed by atoms with Crippen LogP contribution in [0.3, 0.4) is 0 Å². The Morgan fingerprint density at radius 2 is 2.00 bits per heavy atom. The topological polar surface area (TPSA) is 60.6 Å². The van der Waals surface area contributed by atoms with E-state index in [0.29, 0.717) is 18.3 Å². The molecule has 1 saturated heterocycles. The minimum absolute atomic E-state index is 0.259. The number of likely N-dealkylation sites (tertiary alicyclic amines) is 1. The van der Waals surface area contributed by atoms with Gasteiger partial charge in [-0.15, -0.1) is 0 Å². The number of nitrogens with zero attached hydrogens (tertiary/aromatic N) is 3. The van der Waals surface area contributed by atoms with Gasteiger partial charge in [0, 0.05) is 23.2 Å². The van der Waals surface area contributed by atoms with Crippen molar-refractivity contribution in [2.24, 2.45) is 0 Å².